The Labute approximate surface area is 320 Å². The molecule has 2 fully saturated rings. The Balaban J connectivity index is 1.24. The van der Waals surface area contributed by atoms with Gasteiger partial charge in [-0.3, -0.25) is 19.2 Å². The van der Waals surface area contributed by atoms with Crippen molar-refractivity contribution in [1.82, 2.24) is 25.4 Å². The van der Waals surface area contributed by atoms with Crippen molar-refractivity contribution < 1.29 is 33.4 Å². The van der Waals surface area contributed by atoms with Crippen molar-refractivity contribution in [1.29, 1.82) is 0 Å². The fourth-order valence-electron chi connectivity index (χ4n) is 7.55. The third kappa shape index (κ3) is 8.66. The normalized spacial score (nSPS) is 19.3. The molecule has 2 aliphatic heterocycles. The van der Waals surface area contributed by atoms with Crippen LogP contribution in [0, 0.1) is 17.8 Å². The van der Waals surface area contributed by atoms with Gasteiger partial charge < -0.3 is 39.6 Å². The fourth-order valence-corrected chi connectivity index (χ4v) is 7.72. The molecule has 3 unspecified atom stereocenters. The summed E-state index contributed by atoms with van der Waals surface area (Å²) in [5, 5.41) is 7.10. The first kappa shape index (κ1) is 38.6. The lowest BCUT2D eigenvalue weighted by Crippen LogP contribution is -2.58. The number of ether oxygens (including phenoxy) is 3. The molecule has 1 aromatic heterocycles. The van der Waals surface area contributed by atoms with Crippen LogP contribution in [0.25, 0.3) is 10.9 Å². The minimum atomic E-state index is -0.994. The van der Waals surface area contributed by atoms with Crippen LogP contribution in [-0.2, 0) is 32.1 Å². The Bertz CT molecular complexity index is 1980. The highest BCUT2D eigenvalue weighted by Gasteiger charge is 2.48. The Hall–Kier alpha value is -5.07. The van der Waals surface area contributed by atoms with Crippen molar-refractivity contribution in [2.45, 2.75) is 52.0 Å². The maximum absolute atomic E-state index is 14.4. The number of carbonyl (C=O) groups is 4. The summed E-state index contributed by atoms with van der Waals surface area (Å²) >= 11 is 6.19. The Morgan fingerprint density at radius 2 is 1.69 bits per heavy atom. The van der Waals surface area contributed by atoms with Gasteiger partial charge in [0.15, 0.2) is 11.5 Å². The summed E-state index contributed by atoms with van der Waals surface area (Å²) in [4.78, 5) is 62.2. The van der Waals surface area contributed by atoms with Crippen LogP contribution in [-0.4, -0.2) is 97.0 Å². The van der Waals surface area contributed by atoms with E-state index in [1.807, 2.05) is 62.5 Å². The SMILES string of the molecule is CNC(=O)[C@H](NC(=O)C1CN(C(=O)Cc2c[nH]c3cc(Cl)ccc23)CC2CN(C(=O)c3ccc(OC(C)C)c(OC)c3)CC21)[C@@H](C)OCc1ccccc1. The first-order chi connectivity index (χ1) is 25.9. The van der Waals surface area contributed by atoms with Crippen LogP contribution in [0.1, 0.15) is 42.3 Å². The van der Waals surface area contributed by atoms with Crippen molar-refractivity contribution in [3.8, 4) is 11.5 Å². The molecule has 2 saturated heterocycles. The van der Waals surface area contributed by atoms with E-state index in [2.05, 4.69) is 15.6 Å². The molecule has 12 nitrogen and oxygen atoms in total. The van der Waals surface area contributed by atoms with Crippen LogP contribution in [0.3, 0.4) is 0 Å². The van der Waals surface area contributed by atoms with Gasteiger partial charge >= 0.3 is 0 Å². The lowest BCUT2D eigenvalue weighted by molar-refractivity contribution is -0.141. The molecule has 13 heteroatoms. The van der Waals surface area contributed by atoms with E-state index in [0.717, 1.165) is 22.0 Å². The molecule has 0 radical (unpaired) electrons. The summed E-state index contributed by atoms with van der Waals surface area (Å²) in [7, 11) is 3.04. The number of benzene rings is 3. The van der Waals surface area contributed by atoms with Crippen LogP contribution >= 0.6 is 11.6 Å². The van der Waals surface area contributed by atoms with E-state index in [-0.39, 0.29) is 55.2 Å². The zero-order valence-corrected chi connectivity index (χ0v) is 32.0. The van der Waals surface area contributed by atoms with Crippen LogP contribution in [0.2, 0.25) is 5.02 Å². The van der Waals surface area contributed by atoms with Gasteiger partial charge in [-0.05, 0) is 74.1 Å². The van der Waals surface area contributed by atoms with E-state index >= 15 is 0 Å². The average Bonchev–Trinajstić information content (AvgIpc) is 3.79. The van der Waals surface area contributed by atoms with Gasteiger partial charge in [0.05, 0.1) is 38.3 Å². The van der Waals surface area contributed by atoms with Gasteiger partial charge in [0.2, 0.25) is 17.7 Å². The number of rotatable bonds is 13. The number of aromatic amines is 1. The van der Waals surface area contributed by atoms with E-state index < -0.39 is 24.0 Å². The molecule has 6 rings (SSSR count). The summed E-state index contributed by atoms with van der Waals surface area (Å²) < 4.78 is 17.5. The molecule has 0 spiro atoms. The first-order valence-electron chi connectivity index (χ1n) is 18.3. The number of hydrogen-bond acceptors (Lipinski definition) is 7. The summed E-state index contributed by atoms with van der Waals surface area (Å²) in [6.07, 6.45) is 1.18. The molecule has 4 aromatic rings. The third-order valence-corrected chi connectivity index (χ3v) is 10.6. The topological polar surface area (TPSA) is 142 Å². The number of nitrogens with zero attached hydrogens (tertiary/aromatic N) is 2. The quantitative estimate of drug-likeness (QED) is 0.177. The number of carbonyl (C=O) groups excluding carboxylic acids is 4. The number of halogens is 1. The van der Waals surface area contributed by atoms with E-state index in [1.54, 1.807) is 41.0 Å². The van der Waals surface area contributed by atoms with Gasteiger partial charge in [-0.15, -0.1) is 0 Å². The van der Waals surface area contributed by atoms with Gasteiger partial charge in [0.25, 0.3) is 5.91 Å². The molecule has 2 aliphatic rings. The van der Waals surface area contributed by atoms with Crippen molar-refractivity contribution >= 4 is 46.1 Å². The second-order valence-corrected chi connectivity index (χ2v) is 14.8. The molecule has 3 aromatic carbocycles. The molecular formula is C41H48ClN5O7. The number of amides is 4. The third-order valence-electron chi connectivity index (χ3n) is 10.4. The number of nitrogens with one attached hydrogen (secondary N) is 3. The smallest absolute Gasteiger partial charge is 0.254 e. The fraction of sp³-hybridized carbons (Fsp3) is 0.415. The molecule has 0 bridgehead atoms. The number of piperidine rings is 1. The zero-order chi connectivity index (χ0) is 38.5. The largest absolute Gasteiger partial charge is 0.493 e. The number of H-pyrrole nitrogens is 1. The van der Waals surface area contributed by atoms with Crippen molar-refractivity contribution in [3.63, 3.8) is 0 Å². The maximum Gasteiger partial charge on any atom is 0.254 e. The molecule has 3 heterocycles. The molecule has 4 amide bonds. The molecule has 54 heavy (non-hydrogen) atoms. The van der Waals surface area contributed by atoms with E-state index in [4.69, 9.17) is 25.8 Å². The molecule has 3 N–H and O–H groups in total. The van der Waals surface area contributed by atoms with E-state index in [1.165, 1.54) is 14.2 Å². The standard InChI is InChI=1S/C41H48ClN5O7/c1-24(2)54-35-14-11-27(15-36(35)52-5)41(51)47-20-29-19-46(37(48)16-28-18-44-34-17-30(42)12-13-31(28)34)22-33(32(29)21-47)39(49)45-38(40(50)43-4)25(3)53-23-26-9-7-6-8-10-26/h6-15,17-18,24-25,29,32-33,38,44H,16,19-23H2,1-5H3,(H,43,50)(H,45,49)/t25-,29?,32?,33?,38-/m1/s1. The van der Waals surface area contributed by atoms with Crippen LogP contribution in [0.15, 0.2) is 72.9 Å². The predicted molar refractivity (Wildman–Crippen MR) is 205 cm³/mol. The van der Waals surface area contributed by atoms with E-state index in [9.17, 15) is 19.2 Å². The summed E-state index contributed by atoms with van der Waals surface area (Å²) in [5.41, 5.74) is 3.01. The van der Waals surface area contributed by atoms with Crippen molar-refractivity contribution in [3.05, 3.63) is 94.6 Å². The molecule has 286 valence electrons. The number of likely N-dealkylation sites (tertiary alicyclic amines) is 2. The zero-order valence-electron chi connectivity index (χ0n) is 31.3. The van der Waals surface area contributed by atoms with Gasteiger partial charge in [0, 0.05) is 60.9 Å². The summed E-state index contributed by atoms with van der Waals surface area (Å²) in [6.45, 7) is 7.01. The maximum atomic E-state index is 14.4. The summed E-state index contributed by atoms with van der Waals surface area (Å²) in [6, 6.07) is 19.2. The first-order valence-corrected chi connectivity index (χ1v) is 18.7. The minimum Gasteiger partial charge on any atom is -0.493 e. The predicted octanol–water partition coefficient (Wildman–Crippen LogP) is 4.84. The highest BCUT2D eigenvalue weighted by Crippen LogP contribution is 2.38. The van der Waals surface area contributed by atoms with Crippen molar-refractivity contribution in [2.75, 3.05) is 40.3 Å². The molecule has 5 atom stereocenters. The van der Waals surface area contributed by atoms with E-state index in [0.29, 0.717) is 41.7 Å². The van der Waals surface area contributed by atoms with Crippen LogP contribution < -0.4 is 20.1 Å². The molecule has 0 aliphatic carbocycles. The van der Waals surface area contributed by atoms with Crippen LogP contribution in [0.4, 0.5) is 0 Å². The van der Waals surface area contributed by atoms with Gasteiger partial charge in [-0.1, -0.05) is 48.0 Å². The Morgan fingerprint density at radius 3 is 2.41 bits per heavy atom. The lowest BCUT2D eigenvalue weighted by atomic mass is 9.79. The summed E-state index contributed by atoms with van der Waals surface area (Å²) in [5.74, 6) is -1.27. The second-order valence-electron chi connectivity index (χ2n) is 14.4. The van der Waals surface area contributed by atoms with Crippen LogP contribution in [0.5, 0.6) is 11.5 Å². The van der Waals surface area contributed by atoms with Gasteiger partial charge in [0.1, 0.15) is 6.04 Å². The monoisotopic (exact) mass is 757 g/mol. The average molecular weight is 758 g/mol. The van der Waals surface area contributed by atoms with Gasteiger partial charge in [-0.25, -0.2) is 0 Å². The lowest BCUT2D eigenvalue weighted by Gasteiger charge is -2.40. The van der Waals surface area contributed by atoms with Gasteiger partial charge in [-0.2, -0.15) is 0 Å². The number of fused-ring (bicyclic) bond motifs is 2. The molecule has 0 saturated carbocycles. The molecular weight excluding hydrogens is 710 g/mol. The Morgan fingerprint density at radius 1 is 0.926 bits per heavy atom. The number of likely N-dealkylation sites (N-methyl/N-ethyl adjacent to an activating group) is 1. The highest BCUT2D eigenvalue weighted by atomic mass is 35.5. The number of aromatic nitrogens is 1. The highest BCUT2D eigenvalue weighted by molar-refractivity contribution is 6.31. The second kappa shape index (κ2) is 16.9. The number of hydrogen-bond donors (Lipinski definition) is 3. The number of methoxy groups -OCH3 is 1. The van der Waals surface area contributed by atoms with Crippen molar-refractivity contribution in [2.24, 2.45) is 17.8 Å². The Kier molecular flexibility index (Phi) is 12.1. The minimum absolute atomic E-state index is 0.0771.